The lowest BCUT2D eigenvalue weighted by molar-refractivity contribution is -0.131. The molecule has 14 heteroatoms. The number of hydrogen-bond donors (Lipinski definition) is 5. The molecule has 0 saturated heterocycles. The Morgan fingerprint density at radius 3 is 1.96 bits per heavy atom. The number of amides is 6. The van der Waals surface area contributed by atoms with Crippen LogP contribution in [-0.4, -0.2) is 91.6 Å². The van der Waals surface area contributed by atoms with Crippen LogP contribution in [0.5, 0.6) is 0 Å². The van der Waals surface area contributed by atoms with E-state index in [0.717, 1.165) is 16.0 Å². The Kier molecular flexibility index (Phi) is 16.7. The molecule has 0 radical (unpaired) electrons. The van der Waals surface area contributed by atoms with Crippen LogP contribution in [0.1, 0.15) is 52.2 Å². The minimum Gasteiger partial charge on any atom is -0.444 e. The Morgan fingerprint density at radius 1 is 0.776 bits per heavy atom. The summed E-state index contributed by atoms with van der Waals surface area (Å²) in [6, 6.07) is 16.0. The van der Waals surface area contributed by atoms with Crippen molar-refractivity contribution in [2.45, 2.75) is 71.8 Å². The first kappa shape index (κ1) is 40.2. The highest BCUT2D eigenvalue weighted by Crippen LogP contribution is 2.11. The number of benzene rings is 2. The number of imide groups is 1. The van der Waals surface area contributed by atoms with Gasteiger partial charge >= 0.3 is 12.2 Å². The molecule has 0 saturated carbocycles. The van der Waals surface area contributed by atoms with Crippen LogP contribution in [0.15, 0.2) is 60.7 Å². The maximum Gasteiger partial charge on any atom is 0.416 e. The quantitative estimate of drug-likeness (QED) is 0.167. The summed E-state index contributed by atoms with van der Waals surface area (Å²) in [7, 11) is 1.56. The fourth-order valence-electron chi connectivity index (χ4n) is 4.51. The van der Waals surface area contributed by atoms with Gasteiger partial charge in [0.05, 0.1) is 13.1 Å². The molecule has 14 nitrogen and oxygen atoms in total. The van der Waals surface area contributed by atoms with Crippen molar-refractivity contribution in [1.82, 2.24) is 31.5 Å². The van der Waals surface area contributed by atoms with E-state index in [1.165, 1.54) is 0 Å². The maximum atomic E-state index is 13.5. The van der Waals surface area contributed by atoms with Crippen LogP contribution >= 0.6 is 0 Å². The Hall–Kier alpha value is -4.98. The summed E-state index contributed by atoms with van der Waals surface area (Å²) < 4.78 is 10.6. The van der Waals surface area contributed by atoms with Crippen LogP contribution in [0.4, 0.5) is 9.59 Å². The topological polar surface area (TPSA) is 184 Å². The van der Waals surface area contributed by atoms with Gasteiger partial charge in [-0.2, -0.15) is 0 Å². The number of nitrogens with one attached hydrogen (secondary N) is 5. The van der Waals surface area contributed by atoms with Gasteiger partial charge in [-0.25, -0.2) is 14.5 Å². The van der Waals surface area contributed by atoms with Crippen molar-refractivity contribution in [1.29, 1.82) is 0 Å². The molecule has 2 aromatic rings. The third kappa shape index (κ3) is 16.1. The van der Waals surface area contributed by atoms with Crippen molar-refractivity contribution in [3.05, 3.63) is 71.8 Å². The molecule has 0 aliphatic heterocycles. The van der Waals surface area contributed by atoms with Crippen molar-refractivity contribution < 1.29 is 38.2 Å². The van der Waals surface area contributed by atoms with E-state index in [2.05, 4.69) is 26.6 Å². The van der Waals surface area contributed by atoms with Gasteiger partial charge in [-0.3, -0.25) is 19.2 Å². The maximum absolute atomic E-state index is 13.5. The zero-order valence-corrected chi connectivity index (χ0v) is 29.2. The highest BCUT2D eigenvalue weighted by Gasteiger charge is 2.29. The summed E-state index contributed by atoms with van der Waals surface area (Å²) in [5, 5.41) is 13.1. The number of likely N-dealkylation sites (N-methyl/N-ethyl adjacent to an activating group) is 1. The van der Waals surface area contributed by atoms with Gasteiger partial charge in [-0.05, 0) is 51.3 Å². The van der Waals surface area contributed by atoms with Crippen LogP contribution in [0.25, 0.3) is 0 Å². The van der Waals surface area contributed by atoms with Gasteiger partial charge in [-0.15, -0.1) is 0 Å². The summed E-state index contributed by atoms with van der Waals surface area (Å²) in [4.78, 5) is 77.9. The van der Waals surface area contributed by atoms with Gasteiger partial charge < -0.3 is 36.1 Å². The largest absolute Gasteiger partial charge is 0.444 e. The fourth-order valence-corrected chi connectivity index (χ4v) is 4.51. The van der Waals surface area contributed by atoms with E-state index in [1.54, 1.807) is 52.1 Å². The van der Waals surface area contributed by atoms with Crippen molar-refractivity contribution in [3.8, 4) is 0 Å². The summed E-state index contributed by atoms with van der Waals surface area (Å²) in [5.74, 6) is -2.30. The monoisotopic (exact) mass is 682 g/mol. The van der Waals surface area contributed by atoms with E-state index < -0.39 is 60.0 Å². The van der Waals surface area contributed by atoms with Gasteiger partial charge in [0, 0.05) is 19.5 Å². The first-order chi connectivity index (χ1) is 23.2. The number of carbonyl (C=O) groups is 6. The molecule has 0 fully saturated rings. The molecule has 2 atom stereocenters. The highest BCUT2D eigenvalue weighted by molar-refractivity contribution is 5.94. The first-order valence-electron chi connectivity index (χ1n) is 16.2. The van der Waals surface area contributed by atoms with Gasteiger partial charge in [-0.1, -0.05) is 74.5 Å². The van der Waals surface area contributed by atoms with Crippen LogP contribution in [0, 0.1) is 5.92 Å². The van der Waals surface area contributed by atoms with Gasteiger partial charge in [0.2, 0.25) is 23.6 Å². The van der Waals surface area contributed by atoms with Crippen LogP contribution in [0.2, 0.25) is 0 Å². The smallest absolute Gasteiger partial charge is 0.416 e. The Labute approximate surface area is 288 Å². The Morgan fingerprint density at radius 2 is 1.39 bits per heavy atom. The molecule has 2 aromatic carbocycles. The second-order valence-corrected chi connectivity index (χ2v) is 12.8. The van der Waals surface area contributed by atoms with E-state index in [9.17, 15) is 28.8 Å². The average molecular weight is 683 g/mol. The number of alkyl carbamates (subject to hydrolysis) is 1. The number of hydrogen-bond acceptors (Lipinski definition) is 9. The normalized spacial score (nSPS) is 12.2. The number of ether oxygens (including phenoxy) is 2. The SMILES string of the molecule is CNCC(=O)N(CCNC(=O)CNC(=O)[C@H](CC(C)C)NC(=O)[C@H](Cc1ccccc1)NC(=O)OC(C)(C)C)C(=O)OCc1ccccc1. The molecule has 0 aliphatic carbocycles. The Balaban J connectivity index is 1.98. The Bertz CT molecular complexity index is 1380. The molecule has 0 spiro atoms. The average Bonchev–Trinajstić information content (AvgIpc) is 3.03. The van der Waals surface area contributed by atoms with E-state index in [4.69, 9.17) is 9.47 Å². The zero-order chi connectivity index (χ0) is 36.4. The minimum atomic E-state index is -1.05. The predicted molar refractivity (Wildman–Crippen MR) is 183 cm³/mol. The molecule has 0 heterocycles. The van der Waals surface area contributed by atoms with E-state index in [1.807, 2.05) is 50.2 Å². The first-order valence-corrected chi connectivity index (χ1v) is 16.2. The molecule has 0 bridgehead atoms. The van der Waals surface area contributed by atoms with E-state index in [-0.39, 0.29) is 45.0 Å². The molecule has 49 heavy (non-hydrogen) atoms. The standard InChI is InChI=1S/C35H50N6O8/c1-24(2)19-27(39-32(45)28(20-25-13-9-7-10-14-25)40-33(46)49-35(3,4)5)31(44)38-21-29(42)37-17-18-41(30(43)22-36-6)34(47)48-23-26-15-11-8-12-16-26/h7-16,24,27-28,36H,17-23H2,1-6H3,(H,37,42)(H,38,44)(H,39,45)(H,40,46)/t27-,28-/m0/s1. The number of carbonyl (C=O) groups excluding carboxylic acids is 6. The molecule has 2 rings (SSSR count). The fraction of sp³-hybridized carbons (Fsp3) is 0.486. The van der Waals surface area contributed by atoms with Gasteiger partial charge in [0.25, 0.3) is 0 Å². The van der Waals surface area contributed by atoms with Crippen LogP contribution in [-0.2, 0) is 41.7 Å². The van der Waals surface area contributed by atoms with Crippen molar-refractivity contribution >= 4 is 35.8 Å². The van der Waals surface area contributed by atoms with Crippen LogP contribution in [0.3, 0.4) is 0 Å². The second kappa shape index (κ2) is 20.4. The zero-order valence-electron chi connectivity index (χ0n) is 29.2. The lowest BCUT2D eigenvalue weighted by Crippen LogP contribution is -2.56. The summed E-state index contributed by atoms with van der Waals surface area (Å²) in [5.41, 5.74) is 0.750. The summed E-state index contributed by atoms with van der Waals surface area (Å²) >= 11 is 0. The number of rotatable bonds is 17. The predicted octanol–water partition coefficient (Wildman–Crippen LogP) is 2.27. The number of nitrogens with zero attached hydrogens (tertiary/aromatic N) is 1. The molecule has 0 aliphatic rings. The van der Waals surface area contributed by atoms with E-state index in [0.29, 0.717) is 0 Å². The molecule has 268 valence electrons. The molecule has 6 amide bonds. The lowest BCUT2D eigenvalue weighted by atomic mass is 10.0. The molecular formula is C35H50N6O8. The van der Waals surface area contributed by atoms with Gasteiger partial charge in [0.15, 0.2) is 0 Å². The summed E-state index contributed by atoms with van der Waals surface area (Å²) in [6.07, 6.45) is -1.22. The molecule has 5 N–H and O–H groups in total. The third-order valence-electron chi connectivity index (χ3n) is 6.77. The van der Waals surface area contributed by atoms with Crippen molar-refractivity contribution in [3.63, 3.8) is 0 Å². The van der Waals surface area contributed by atoms with Gasteiger partial charge in [0.1, 0.15) is 24.3 Å². The molecule has 0 aromatic heterocycles. The molecular weight excluding hydrogens is 632 g/mol. The minimum absolute atomic E-state index is 0.000887. The van der Waals surface area contributed by atoms with Crippen molar-refractivity contribution in [2.75, 3.05) is 33.2 Å². The molecule has 0 unspecified atom stereocenters. The lowest BCUT2D eigenvalue weighted by Gasteiger charge is -2.26. The third-order valence-corrected chi connectivity index (χ3v) is 6.77. The second-order valence-electron chi connectivity index (χ2n) is 12.8. The summed E-state index contributed by atoms with van der Waals surface area (Å²) in [6.45, 7) is 8.07. The van der Waals surface area contributed by atoms with Crippen molar-refractivity contribution in [2.24, 2.45) is 5.92 Å². The highest BCUT2D eigenvalue weighted by atomic mass is 16.6. The van der Waals surface area contributed by atoms with Crippen LogP contribution < -0.4 is 26.6 Å². The van der Waals surface area contributed by atoms with E-state index >= 15 is 0 Å².